The van der Waals surface area contributed by atoms with E-state index in [-0.39, 0.29) is 18.2 Å². The van der Waals surface area contributed by atoms with Crippen LogP contribution >= 0.6 is 50.9 Å². The van der Waals surface area contributed by atoms with Gasteiger partial charge in [0, 0.05) is 23.1 Å². The van der Waals surface area contributed by atoms with Gasteiger partial charge in [0.05, 0.1) is 15.7 Å². The maximum atomic E-state index is 12.7. The Kier molecular flexibility index (Phi) is 7.04. The molecular weight excluding hydrogens is 485 g/mol. The number of anilines is 1. The van der Waals surface area contributed by atoms with Gasteiger partial charge in [0.25, 0.3) is 0 Å². The van der Waals surface area contributed by atoms with Gasteiger partial charge in [0.2, 0.25) is 11.8 Å². The molecule has 2 aromatic carbocycles. The summed E-state index contributed by atoms with van der Waals surface area (Å²) in [5.74, 6) is -0.386. The molecule has 0 aromatic heterocycles. The molecule has 146 valence electrons. The first-order chi connectivity index (χ1) is 13.4. The Morgan fingerprint density at radius 3 is 2.75 bits per heavy atom. The fourth-order valence-electron chi connectivity index (χ4n) is 2.61. The summed E-state index contributed by atoms with van der Waals surface area (Å²) < 4.78 is 0.858. The van der Waals surface area contributed by atoms with Gasteiger partial charge in [-0.1, -0.05) is 57.0 Å². The molecule has 1 unspecified atom stereocenters. The molecule has 0 radical (unpaired) electrons. The van der Waals surface area contributed by atoms with Crippen LogP contribution < -0.4 is 5.32 Å². The van der Waals surface area contributed by atoms with Crippen LogP contribution in [0.25, 0.3) is 0 Å². The largest absolute Gasteiger partial charge is 0.325 e. The fraction of sp³-hybridized carbons (Fsp3) is 0.211. The van der Waals surface area contributed by atoms with E-state index in [1.165, 1.54) is 11.8 Å². The third kappa shape index (κ3) is 5.08. The van der Waals surface area contributed by atoms with E-state index < -0.39 is 5.25 Å². The van der Waals surface area contributed by atoms with Crippen molar-refractivity contribution in [3.8, 4) is 0 Å². The summed E-state index contributed by atoms with van der Waals surface area (Å²) in [4.78, 5) is 31.4. The first kappa shape index (κ1) is 21.2. The van der Waals surface area contributed by atoms with Gasteiger partial charge in [-0.25, -0.2) is 4.99 Å². The monoisotopic (exact) mass is 499 g/mol. The van der Waals surface area contributed by atoms with Crippen molar-refractivity contribution in [3.63, 3.8) is 0 Å². The standard InChI is InChI=1S/C19H16BrCl2N3O2S/c1-2-25-17(26)10-16(18(27)23-12-5-3-4-11(20)8-12)28-19(25)24-13-6-7-14(21)15(22)9-13/h3-9,16H,2,10H2,1H3,(H,23,27). The zero-order valence-corrected chi connectivity index (χ0v) is 18.7. The summed E-state index contributed by atoms with van der Waals surface area (Å²) in [6.45, 7) is 2.33. The Bertz CT molecular complexity index is 955. The zero-order valence-electron chi connectivity index (χ0n) is 14.8. The molecule has 0 saturated carbocycles. The van der Waals surface area contributed by atoms with Gasteiger partial charge in [-0.05, 0) is 43.3 Å². The molecule has 1 fully saturated rings. The molecule has 28 heavy (non-hydrogen) atoms. The summed E-state index contributed by atoms with van der Waals surface area (Å²) >= 11 is 16.6. The molecule has 1 aliphatic heterocycles. The Morgan fingerprint density at radius 1 is 1.29 bits per heavy atom. The molecule has 1 aliphatic rings. The normalized spacial score (nSPS) is 18.4. The van der Waals surface area contributed by atoms with E-state index in [1.54, 1.807) is 35.2 Å². The number of hydrogen-bond acceptors (Lipinski definition) is 4. The van der Waals surface area contributed by atoms with Crippen LogP contribution in [0.3, 0.4) is 0 Å². The summed E-state index contributed by atoms with van der Waals surface area (Å²) in [7, 11) is 0. The van der Waals surface area contributed by atoms with E-state index >= 15 is 0 Å². The number of hydrogen-bond donors (Lipinski definition) is 1. The lowest BCUT2D eigenvalue weighted by Crippen LogP contribution is -2.45. The lowest BCUT2D eigenvalue weighted by atomic mass is 10.2. The van der Waals surface area contributed by atoms with Gasteiger partial charge < -0.3 is 5.32 Å². The Morgan fingerprint density at radius 2 is 2.07 bits per heavy atom. The second kappa shape index (κ2) is 9.31. The number of carbonyl (C=O) groups is 2. The quantitative estimate of drug-likeness (QED) is 0.582. The first-order valence-electron chi connectivity index (χ1n) is 8.44. The Balaban J connectivity index is 1.83. The van der Waals surface area contributed by atoms with Gasteiger partial charge in [-0.15, -0.1) is 0 Å². The van der Waals surface area contributed by atoms with Crippen LogP contribution in [0.1, 0.15) is 13.3 Å². The smallest absolute Gasteiger partial charge is 0.238 e. The number of nitrogens with one attached hydrogen (secondary N) is 1. The number of benzene rings is 2. The highest BCUT2D eigenvalue weighted by atomic mass is 79.9. The molecule has 1 saturated heterocycles. The molecule has 1 heterocycles. The van der Waals surface area contributed by atoms with Crippen molar-refractivity contribution in [2.75, 3.05) is 11.9 Å². The van der Waals surface area contributed by atoms with Gasteiger partial charge in [-0.2, -0.15) is 0 Å². The second-order valence-electron chi connectivity index (χ2n) is 5.94. The predicted molar refractivity (Wildman–Crippen MR) is 120 cm³/mol. The van der Waals surface area contributed by atoms with Crippen molar-refractivity contribution in [1.29, 1.82) is 0 Å². The maximum Gasteiger partial charge on any atom is 0.238 e. The third-order valence-electron chi connectivity index (χ3n) is 3.97. The minimum Gasteiger partial charge on any atom is -0.325 e. The van der Waals surface area contributed by atoms with Crippen molar-refractivity contribution < 1.29 is 9.59 Å². The minimum absolute atomic E-state index is 0.110. The molecule has 1 atom stereocenters. The molecule has 1 N–H and O–H groups in total. The highest BCUT2D eigenvalue weighted by Gasteiger charge is 2.35. The molecule has 2 aromatic rings. The summed E-state index contributed by atoms with van der Waals surface area (Å²) in [6.07, 6.45) is 0.110. The van der Waals surface area contributed by atoms with Crippen LogP contribution in [0.15, 0.2) is 51.9 Å². The molecule has 9 heteroatoms. The van der Waals surface area contributed by atoms with Gasteiger partial charge in [-0.3, -0.25) is 14.5 Å². The highest BCUT2D eigenvalue weighted by Crippen LogP contribution is 2.32. The van der Waals surface area contributed by atoms with E-state index in [0.29, 0.717) is 33.1 Å². The van der Waals surface area contributed by atoms with Crippen molar-refractivity contribution in [1.82, 2.24) is 4.90 Å². The molecule has 0 bridgehead atoms. The number of thioether (sulfide) groups is 1. The summed E-state index contributed by atoms with van der Waals surface area (Å²) in [5.41, 5.74) is 1.23. The lowest BCUT2D eigenvalue weighted by Gasteiger charge is -2.30. The van der Waals surface area contributed by atoms with E-state index in [4.69, 9.17) is 23.2 Å². The predicted octanol–water partition coefficient (Wildman–Crippen LogP) is 5.74. The van der Waals surface area contributed by atoms with E-state index in [0.717, 1.165) is 4.47 Å². The topological polar surface area (TPSA) is 61.8 Å². The van der Waals surface area contributed by atoms with Gasteiger partial charge in [0.1, 0.15) is 5.25 Å². The van der Waals surface area contributed by atoms with Crippen LogP contribution in [-0.2, 0) is 9.59 Å². The molecule has 0 aliphatic carbocycles. The number of amides is 2. The molecule has 5 nitrogen and oxygen atoms in total. The van der Waals surface area contributed by atoms with Crippen molar-refractivity contribution >= 4 is 79.3 Å². The molecular formula is C19H16BrCl2N3O2S. The average molecular weight is 501 g/mol. The van der Waals surface area contributed by atoms with E-state index in [2.05, 4.69) is 26.2 Å². The highest BCUT2D eigenvalue weighted by molar-refractivity contribution is 9.10. The fourth-order valence-corrected chi connectivity index (χ4v) is 4.46. The zero-order chi connectivity index (χ0) is 20.3. The summed E-state index contributed by atoms with van der Waals surface area (Å²) in [5, 5.41) is 3.55. The number of nitrogens with zero attached hydrogens (tertiary/aromatic N) is 2. The number of rotatable bonds is 4. The molecule has 2 amide bonds. The number of amidine groups is 1. The van der Waals surface area contributed by atoms with Crippen molar-refractivity contribution in [2.24, 2.45) is 4.99 Å². The van der Waals surface area contributed by atoms with Crippen LogP contribution in [0.5, 0.6) is 0 Å². The third-order valence-corrected chi connectivity index (χ3v) is 6.39. The van der Waals surface area contributed by atoms with Crippen molar-refractivity contribution in [2.45, 2.75) is 18.6 Å². The van der Waals surface area contributed by atoms with Gasteiger partial charge >= 0.3 is 0 Å². The van der Waals surface area contributed by atoms with Crippen molar-refractivity contribution in [3.05, 3.63) is 57.0 Å². The maximum absolute atomic E-state index is 12.7. The van der Waals surface area contributed by atoms with E-state index in [9.17, 15) is 9.59 Å². The average Bonchev–Trinajstić information content (AvgIpc) is 2.64. The Hall–Kier alpha value is -1.54. The lowest BCUT2D eigenvalue weighted by molar-refractivity contribution is -0.129. The number of carbonyl (C=O) groups excluding carboxylic acids is 2. The number of aliphatic imine (C=N–C) groups is 1. The Labute approximate surface area is 185 Å². The minimum atomic E-state index is -0.573. The molecule has 3 rings (SSSR count). The van der Waals surface area contributed by atoms with Crippen LogP contribution in [-0.4, -0.2) is 33.7 Å². The van der Waals surface area contributed by atoms with Crippen LogP contribution in [0.2, 0.25) is 10.0 Å². The first-order valence-corrected chi connectivity index (χ1v) is 10.9. The summed E-state index contributed by atoms with van der Waals surface area (Å²) in [6, 6.07) is 12.3. The van der Waals surface area contributed by atoms with E-state index in [1.807, 2.05) is 19.1 Å². The SMILES string of the molecule is CCN1C(=O)CC(C(=O)Nc2cccc(Br)c2)SC1=Nc1ccc(Cl)c(Cl)c1. The van der Waals surface area contributed by atoms with Gasteiger partial charge in [0.15, 0.2) is 5.17 Å². The van der Waals surface area contributed by atoms with Crippen LogP contribution in [0.4, 0.5) is 11.4 Å². The van der Waals surface area contributed by atoms with Crippen LogP contribution in [0, 0.1) is 0 Å². The molecule has 0 spiro atoms. The second-order valence-corrected chi connectivity index (χ2v) is 8.84. The number of halogens is 3.